The minimum Gasteiger partial charge on any atom is -0.464 e. The summed E-state index contributed by atoms with van der Waals surface area (Å²) in [7, 11) is 0. The van der Waals surface area contributed by atoms with Gasteiger partial charge < -0.3 is 14.6 Å². The molecule has 124 valence electrons. The number of hydrogen-bond donors (Lipinski definition) is 1. The first-order valence-electron chi connectivity index (χ1n) is 8.70. The molecule has 1 aliphatic carbocycles. The molecule has 1 saturated carbocycles. The molecule has 0 bridgehead atoms. The van der Waals surface area contributed by atoms with Gasteiger partial charge >= 0.3 is 0 Å². The smallest absolute Gasteiger partial charge is 0.128 e. The summed E-state index contributed by atoms with van der Waals surface area (Å²) in [6.45, 7) is 10.1. The van der Waals surface area contributed by atoms with Gasteiger partial charge in [-0.25, -0.2) is 4.98 Å². The van der Waals surface area contributed by atoms with Crippen molar-refractivity contribution in [3.8, 4) is 0 Å². The van der Waals surface area contributed by atoms with Crippen molar-refractivity contribution >= 4 is 5.82 Å². The summed E-state index contributed by atoms with van der Waals surface area (Å²) in [6, 6.07) is 8.47. The third-order valence-corrected chi connectivity index (χ3v) is 4.68. The standard InChI is InChI=1S/C19H27N3O/c1-4-22(5-2)19-9-6-15(12-21-19)11-20-13-16-7-8-18(23-16)17-10-14(17)3/h6-9,12,14,17,20H,4-5,10-11,13H2,1-3H3. The van der Waals surface area contributed by atoms with Crippen LogP contribution in [-0.4, -0.2) is 18.1 Å². The van der Waals surface area contributed by atoms with Crippen molar-refractivity contribution in [2.45, 2.75) is 46.2 Å². The molecule has 1 aliphatic rings. The zero-order valence-electron chi connectivity index (χ0n) is 14.4. The van der Waals surface area contributed by atoms with Gasteiger partial charge in [-0.3, -0.25) is 0 Å². The maximum atomic E-state index is 5.91. The van der Waals surface area contributed by atoms with Crippen LogP contribution in [0.3, 0.4) is 0 Å². The van der Waals surface area contributed by atoms with Crippen LogP contribution in [0.4, 0.5) is 5.82 Å². The van der Waals surface area contributed by atoms with E-state index in [4.69, 9.17) is 4.42 Å². The zero-order chi connectivity index (χ0) is 16.2. The van der Waals surface area contributed by atoms with Gasteiger partial charge in [-0.15, -0.1) is 0 Å². The Labute approximate surface area is 138 Å². The summed E-state index contributed by atoms with van der Waals surface area (Å²) in [5.74, 6) is 4.66. The molecule has 0 aliphatic heterocycles. The predicted molar refractivity (Wildman–Crippen MR) is 93.6 cm³/mol. The molecule has 2 atom stereocenters. The highest BCUT2D eigenvalue weighted by atomic mass is 16.3. The molecule has 4 nitrogen and oxygen atoms in total. The largest absolute Gasteiger partial charge is 0.464 e. The van der Waals surface area contributed by atoms with Gasteiger partial charge in [-0.05, 0) is 49.9 Å². The van der Waals surface area contributed by atoms with Crippen LogP contribution in [0.5, 0.6) is 0 Å². The highest BCUT2D eigenvalue weighted by Crippen LogP contribution is 2.47. The molecule has 23 heavy (non-hydrogen) atoms. The summed E-state index contributed by atoms with van der Waals surface area (Å²) in [4.78, 5) is 6.80. The fourth-order valence-electron chi connectivity index (χ4n) is 2.99. The van der Waals surface area contributed by atoms with E-state index in [1.165, 1.54) is 12.0 Å². The molecular weight excluding hydrogens is 286 g/mol. The highest BCUT2D eigenvalue weighted by Gasteiger charge is 2.36. The van der Waals surface area contributed by atoms with Gasteiger partial charge in [0.15, 0.2) is 0 Å². The lowest BCUT2D eigenvalue weighted by atomic mass is 10.2. The number of nitrogens with one attached hydrogen (secondary N) is 1. The van der Waals surface area contributed by atoms with Crippen molar-refractivity contribution in [3.05, 3.63) is 47.5 Å². The Kier molecular flexibility index (Phi) is 5.01. The summed E-state index contributed by atoms with van der Waals surface area (Å²) >= 11 is 0. The molecule has 0 spiro atoms. The Morgan fingerprint density at radius 2 is 1.96 bits per heavy atom. The van der Waals surface area contributed by atoms with E-state index in [0.717, 1.165) is 49.4 Å². The van der Waals surface area contributed by atoms with Gasteiger partial charge in [0, 0.05) is 31.7 Å². The minimum atomic E-state index is 0.653. The molecule has 2 unspecified atom stereocenters. The van der Waals surface area contributed by atoms with E-state index < -0.39 is 0 Å². The van der Waals surface area contributed by atoms with Gasteiger partial charge in [0.25, 0.3) is 0 Å². The molecule has 0 amide bonds. The Hall–Kier alpha value is -1.81. The maximum absolute atomic E-state index is 5.91. The van der Waals surface area contributed by atoms with Gasteiger partial charge in [-0.1, -0.05) is 13.0 Å². The van der Waals surface area contributed by atoms with Crippen LogP contribution in [0.1, 0.15) is 50.2 Å². The monoisotopic (exact) mass is 313 g/mol. The third kappa shape index (κ3) is 3.94. The average Bonchev–Trinajstić information content (AvgIpc) is 3.11. The number of nitrogens with zero attached hydrogens (tertiary/aromatic N) is 2. The van der Waals surface area contributed by atoms with Crippen LogP contribution in [0.2, 0.25) is 0 Å². The van der Waals surface area contributed by atoms with Crippen LogP contribution in [-0.2, 0) is 13.1 Å². The Morgan fingerprint density at radius 3 is 2.57 bits per heavy atom. The van der Waals surface area contributed by atoms with E-state index in [9.17, 15) is 0 Å². The quantitative estimate of drug-likeness (QED) is 0.801. The van der Waals surface area contributed by atoms with E-state index in [0.29, 0.717) is 5.92 Å². The molecule has 3 rings (SSSR count). The van der Waals surface area contributed by atoms with Crippen LogP contribution >= 0.6 is 0 Å². The number of hydrogen-bond acceptors (Lipinski definition) is 4. The first-order valence-corrected chi connectivity index (χ1v) is 8.70. The first-order chi connectivity index (χ1) is 11.2. The maximum Gasteiger partial charge on any atom is 0.128 e. The normalized spacial score (nSPS) is 19.8. The lowest BCUT2D eigenvalue weighted by Gasteiger charge is -2.19. The molecule has 1 N–H and O–H groups in total. The average molecular weight is 313 g/mol. The minimum absolute atomic E-state index is 0.653. The van der Waals surface area contributed by atoms with E-state index in [2.05, 4.69) is 60.2 Å². The van der Waals surface area contributed by atoms with E-state index in [1.54, 1.807) is 0 Å². The van der Waals surface area contributed by atoms with Crippen molar-refractivity contribution in [2.75, 3.05) is 18.0 Å². The molecule has 0 aromatic carbocycles. The Balaban J connectivity index is 1.47. The second-order valence-corrected chi connectivity index (χ2v) is 6.42. The molecule has 0 saturated heterocycles. The first kappa shape index (κ1) is 16.1. The summed E-state index contributed by atoms with van der Waals surface area (Å²) in [6.07, 6.45) is 3.23. The van der Waals surface area contributed by atoms with Crippen molar-refractivity contribution in [1.82, 2.24) is 10.3 Å². The number of pyridine rings is 1. The zero-order valence-corrected chi connectivity index (χ0v) is 14.4. The fraction of sp³-hybridized carbons (Fsp3) is 0.526. The lowest BCUT2D eigenvalue weighted by molar-refractivity contribution is 0.444. The van der Waals surface area contributed by atoms with Crippen LogP contribution in [0.15, 0.2) is 34.9 Å². The third-order valence-electron chi connectivity index (χ3n) is 4.68. The van der Waals surface area contributed by atoms with Crippen LogP contribution < -0.4 is 10.2 Å². The molecule has 0 radical (unpaired) electrons. The molecule has 2 aromatic rings. The molecular formula is C19H27N3O. The fourth-order valence-corrected chi connectivity index (χ4v) is 2.99. The lowest BCUT2D eigenvalue weighted by Crippen LogP contribution is -2.23. The molecule has 4 heteroatoms. The van der Waals surface area contributed by atoms with Gasteiger partial charge in [0.2, 0.25) is 0 Å². The molecule has 1 fully saturated rings. The number of anilines is 1. The second-order valence-electron chi connectivity index (χ2n) is 6.42. The van der Waals surface area contributed by atoms with E-state index in [1.807, 2.05) is 6.20 Å². The number of rotatable bonds is 8. The summed E-state index contributed by atoms with van der Waals surface area (Å²) in [5.41, 5.74) is 1.20. The van der Waals surface area contributed by atoms with Crippen LogP contribution in [0, 0.1) is 5.92 Å². The van der Waals surface area contributed by atoms with E-state index in [-0.39, 0.29) is 0 Å². The Bertz CT molecular complexity index is 616. The predicted octanol–water partition coefficient (Wildman–Crippen LogP) is 3.93. The highest BCUT2D eigenvalue weighted by molar-refractivity contribution is 5.38. The van der Waals surface area contributed by atoms with Crippen molar-refractivity contribution < 1.29 is 4.42 Å². The van der Waals surface area contributed by atoms with Gasteiger partial charge in [0.1, 0.15) is 17.3 Å². The van der Waals surface area contributed by atoms with Crippen molar-refractivity contribution in [1.29, 1.82) is 0 Å². The second kappa shape index (κ2) is 7.18. The SMILES string of the molecule is CCN(CC)c1ccc(CNCc2ccc(C3CC3C)o2)cn1. The van der Waals surface area contributed by atoms with Crippen molar-refractivity contribution in [2.24, 2.45) is 5.92 Å². The number of aromatic nitrogens is 1. The van der Waals surface area contributed by atoms with E-state index >= 15 is 0 Å². The molecule has 2 heterocycles. The topological polar surface area (TPSA) is 41.3 Å². The Morgan fingerprint density at radius 1 is 1.17 bits per heavy atom. The van der Waals surface area contributed by atoms with Crippen molar-refractivity contribution in [3.63, 3.8) is 0 Å². The summed E-state index contributed by atoms with van der Waals surface area (Å²) in [5, 5.41) is 3.43. The van der Waals surface area contributed by atoms with Crippen LogP contribution in [0.25, 0.3) is 0 Å². The summed E-state index contributed by atoms with van der Waals surface area (Å²) < 4.78 is 5.91. The van der Waals surface area contributed by atoms with Gasteiger partial charge in [-0.2, -0.15) is 0 Å². The number of furan rings is 1. The van der Waals surface area contributed by atoms with Gasteiger partial charge in [0.05, 0.1) is 6.54 Å². The molecule has 2 aromatic heterocycles.